The minimum Gasteiger partial charge on any atom is -0.316 e. The fraction of sp³-hybridized carbons (Fsp3) is 0.583. The first kappa shape index (κ1) is 19.1. The quantitative estimate of drug-likeness (QED) is 0.863. The van der Waals surface area contributed by atoms with Crippen LogP contribution in [-0.4, -0.2) is 32.5 Å². The summed E-state index contributed by atoms with van der Waals surface area (Å²) in [4.78, 5) is 2.91. The van der Waals surface area contributed by atoms with Crippen LogP contribution in [0.25, 0.3) is 0 Å². The molecule has 2 atom stereocenters. The topological polar surface area (TPSA) is 71.1 Å². The van der Waals surface area contributed by atoms with E-state index < -0.39 is 21.9 Å². The van der Waals surface area contributed by atoms with Gasteiger partial charge >= 0.3 is 6.18 Å². The Morgan fingerprint density at radius 1 is 1.36 bits per heavy atom. The van der Waals surface area contributed by atoms with Gasteiger partial charge in [-0.05, 0) is 37.6 Å². The van der Waals surface area contributed by atoms with Crippen LogP contribution >= 0.6 is 12.4 Å². The van der Waals surface area contributed by atoms with Gasteiger partial charge in [0.25, 0.3) is 0 Å². The van der Waals surface area contributed by atoms with Crippen LogP contribution in [0.4, 0.5) is 13.2 Å². The molecule has 2 rings (SSSR count). The van der Waals surface area contributed by atoms with Crippen molar-refractivity contribution in [1.29, 1.82) is 0 Å². The first-order valence-corrected chi connectivity index (χ1v) is 7.95. The van der Waals surface area contributed by atoms with E-state index in [0.29, 0.717) is 25.6 Å². The van der Waals surface area contributed by atoms with Crippen LogP contribution in [0.15, 0.2) is 23.2 Å². The molecule has 0 saturated carbocycles. The van der Waals surface area contributed by atoms with Crippen LogP contribution < -0.4 is 10.0 Å². The van der Waals surface area contributed by atoms with E-state index >= 15 is 0 Å². The molecule has 1 aromatic heterocycles. The molecule has 1 aliphatic heterocycles. The van der Waals surface area contributed by atoms with Gasteiger partial charge in [-0.25, -0.2) is 13.1 Å². The number of nitrogens with one attached hydrogen (secondary N) is 2. The molecule has 0 radical (unpaired) electrons. The number of piperidine rings is 1. The molecule has 0 spiro atoms. The summed E-state index contributed by atoms with van der Waals surface area (Å²) in [6.07, 6.45) is -3.22. The van der Waals surface area contributed by atoms with Crippen molar-refractivity contribution in [2.75, 3.05) is 13.1 Å². The number of alkyl halides is 3. The molecule has 2 heterocycles. The molecule has 10 heteroatoms. The maximum absolute atomic E-state index is 12.4. The van der Waals surface area contributed by atoms with Gasteiger partial charge in [0, 0.05) is 12.2 Å². The average molecular weight is 360 g/mol. The SMILES string of the molecule is CC1CNCCC1NS(=O)(=O)c1ccc(C(F)(F)F)nc1.Cl. The van der Waals surface area contributed by atoms with Crippen LogP contribution in [-0.2, 0) is 16.2 Å². The van der Waals surface area contributed by atoms with Gasteiger partial charge in [0.15, 0.2) is 0 Å². The molecule has 2 N–H and O–H groups in total. The van der Waals surface area contributed by atoms with Gasteiger partial charge in [-0.3, -0.25) is 4.98 Å². The van der Waals surface area contributed by atoms with E-state index in [-0.39, 0.29) is 29.3 Å². The molecule has 0 amide bonds. The van der Waals surface area contributed by atoms with Crippen LogP contribution in [0, 0.1) is 5.92 Å². The van der Waals surface area contributed by atoms with E-state index in [1.54, 1.807) is 0 Å². The largest absolute Gasteiger partial charge is 0.433 e. The summed E-state index contributed by atoms with van der Waals surface area (Å²) in [6, 6.07) is 1.35. The molecule has 1 saturated heterocycles. The summed E-state index contributed by atoms with van der Waals surface area (Å²) in [6.45, 7) is 3.30. The Hall–Kier alpha value is -0.900. The Balaban J connectivity index is 0.00000242. The fourth-order valence-corrected chi connectivity index (χ4v) is 3.49. The van der Waals surface area contributed by atoms with Crippen molar-refractivity contribution in [2.24, 2.45) is 5.92 Å². The lowest BCUT2D eigenvalue weighted by molar-refractivity contribution is -0.141. The lowest BCUT2D eigenvalue weighted by Crippen LogP contribution is -2.48. The Bertz CT molecular complexity index is 593. The van der Waals surface area contributed by atoms with Crippen molar-refractivity contribution in [3.05, 3.63) is 24.0 Å². The van der Waals surface area contributed by atoms with Crippen LogP contribution in [0.1, 0.15) is 19.0 Å². The van der Waals surface area contributed by atoms with Crippen molar-refractivity contribution in [2.45, 2.75) is 30.5 Å². The summed E-state index contributed by atoms with van der Waals surface area (Å²) in [5.74, 6) is 0.107. The summed E-state index contributed by atoms with van der Waals surface area (Å²) < 4.78 is 64.1. The molecule has 0 aliphatic carbocycles. The minimum atomic E-state index is -4.58. The van der Waals surface area contributed by atoms with Crippen LogP contribution in [0.3, 0.4) is 0 Å². The highest BCUT2D eigenvalue weighted by Crippen LogP contribution is 2.27. The van der Waals surface area contributed by atoms with Gasteiger partial charge in [-0.1, -0.05) is 6.92 Å². The van der Waals surface area contributed by atoms with Crippen molar-refractivity contribution < 1.29 is 21.6 Å². The number of aromatic nitrogens is 1. The van der Waals surface area contributed by atoms with Crippen molar-refractivity contribution >= 4 is 22.4 Å². The third kappa shape index (κ3) is 4.55. The second kappa shape index (κ2) is 7.12. The molecule has 0 aromatic carbocycles. The second-order valence-electron chi connectivity index (χ2n) is 5.07. The highest BCUT2D eigenvalue weighted by molar-refractivity contribution is 7.89. The molecule has 1 fully saturated rings. The highest BCUT2D eigenvalue weighted by atomic mass is 35.5. The van der Waals surface area contributed by atoms with Crippen molar-refractivity contribution in [3.8, 4) is 0 Å². The van der Waals surface area contributed by atoms with E-state index in [0.717, 1.165) is 12.3 Å². The zero-order valence-corrected chi connectivity index (χ0v) is 13.4. The molecular formula is C12H17ClF3N3O2S. The maximum atomic E-state index is 12.4. The van der Waals surface area contributed by atoms with E-state index in [9.17, 15) is 21.6 Å². The van der Waals surface area contributed by atoms with Crippen LogP contribution in [0.2, 0.25) is 0 Å². The summed E-state index contributed by atoms with van der Waals surface area (Å²) in [7, 11) is -3.86. The Morgan fingerprint density at radius 2 is 2.05 bits per heavy atom. The predicted molar refractivity (Wildman–Crippen MR) is 77.2 cm³/mol. The van der Waals surface area contributed by atoms with Crippen molar-refractivity contribution in [3.63, 3.8) is 0 Å². The summed E-state index contributed by atoms with van der Waals surface area (Å²) in [5, 5.41) is 3.14. The highest BCUT2D eigenvalue weighted by Gasteiger charge is 2.33. The number of sulfonamides is 1. The zero-order valence-electron chi connectivity index (χ0n) is 11.7. The zero-order chi connectivity index (χ0) is 15.7. The third-order valence-corrected chi connectivity index (χ3v) is 4.90. The number of hydrogen-bond acceptors (Lipinski definition) is 4. The van der Waals surface area contributed by atoms with Crippen LogP contribution in [0.5, 0.6) is 0 Å². The van der Waals surface area contributed by atoms with Gasteiger partial charge in [0.2, 0.25) is 10.0 Å². The smallest absolute Gasteiger partial charge is 0.316 e. The molecule has 5 nitrogen and oxygen atoms in total. The standard InChI is InChI=1S/C12H16F3N3O2S.ClH/c1-8-6-16-5-4-10(8)18-21(19,20)9-2-3-11(17-7-9)12(13,14)15;/h2-3,7-8,10,16,18H,4-6H2,1H3;1H. The number of hydrogen-bond donors (Lipinski definition) is 2. The predicted octanol–water partition coefficient (Wildman–Crippen LogP) is 1.80. The van der Waals surface area contributed by atoms with Gasteiger partial charge in [0.1, 0.15) is 10.6 Å². The van der Waals surface area contributed by atoms with E-state index in [4.69, 9.17) is 0 Å². The molecule has 1 aromatic rings. The molecular weight excluding hydrogens is 343 g/mol. The monoisotopic (exact) mass is 359 g/mol. The van der Waals surface area contributed by atoms with Gasteiger partial charge < -0.3 is 5.32 Å². The Kier molecular flexibility index (Phi) is 6.19. The lowest BCUT2D eigenvalue weighted by Gasteiger charge is -2.29. The second-order valence-corrected chi connectivity index (χ2v) is 6.79. The maximum Gasteiger partial charge on any atom is 0.433 e. The third-order valence-electron chi connectivity index (χ3n) is 3.43. The van der Waals surface area contributed by atoms with E-state index in [1.807, 2.05) is 6.92 Å². The number of pyridine rings is 1. The van der Waals surface area contributed by atoms with Gasteiger partial charge in [-0.2, -0.15) is 13.2 Å². The minimum absolute atomic E-state index is 0. The molecule has 2 unspecified atom stereocenters. The molecule has 126 valence electrons. The number of halogens is 4. The summed E-state index contributed by atoms with van der Waals surface area (Å²) in [5.41, 5.74) is -1.11. The van der Waals surface area contributed by atoms with Gasteiger partial charge in [0.05, 0.1) is 0 Å². The Morgan fingerprint density at radius 3 is 2.55 bits per heavy atom. The van der Waals surface area contributed by atoms with Crippen molar-refractivity contribution in [1.82, 2.24) is 15.0 Å². The first-order valence-electron chi connectivity index (χ1n) is 6.46. The molecule has 0 bridgehead atoms. The van der Waals surface area contributed by atoms with Gasteiger partial charge in [-0.15, -0.1) is 12.4 Å². The molecule has 1 aliphatic rings. The lowest BCUT2D eigenvalue weighted by atomic mass is 9.97. The average Bonchev–Trinajstić information content (AvgIpc) is 2.40. The normalized spacial score (nSPS) is 22.9. The van der Waals surface area contributed by atoms with E-state index in [1.165, 1.54) is 0 Å². The number of nitrogens with zero attached hydrogens (tertiary/aromatic N) is 1. The first-order chi connectivity index (χ1) is 9.70. The number of rotatable bonds is 3. The summed E-state index contributed by atoms with van der Waals surface area (Å²) >= 11 is 0. The Labute approximate surface area is 133 Å². The fourth-order valence-electron chi connectivity index (χ4n) is 2.16. The van der Waals surface area contributed by atoms with E-state index in [2.05, 4.69) is 15.0 Å². The molecule has 22 heavy (non-hydrogen) atoms.